The lowest BCUT2D eigenvalue weighted by Crippen LogP contribution is -2.48. The number of nitrogens with one attached hydrogen (secondary N) is 1. The van der Waals surface area contributed by atoms with Gasteiger partial charge in [-0.15, -0.1) is 0 Å². The Balaban J connectivity index is 2.48. The average Bonchev–Trinajstić information content (AvgIpc) is 2.43. The number of amides is 2. The normalized spacial score (nSPS) is 17.5. The first-order valence-corrected chi connectivity index (χ1v) is 7.63. The van der Waals surface area contributed by atoms with E-state index in [1.54, 1.807) is 32.6 Å². The highest BCUT2D eigenvalue weighted by molar-refractivity contribution is 5.73. The molecule has 1 fully saturated rings. The predicted molar refractivity (Wildman–Crippen MR) is 80.5 cm³/mol. The summed E-state index contributed by atoms with van der Waals surface area (Å²) in [4.78, 5) is 36.2. The molecule has 126 valence electrons. The fourth-order valence-corrected chi connectivity index (χ4v) is 2.36. The molecule has 7 nitrogen and oxygen atoms in total. The van der Waals surface area contributed by atoms with E-state index in [0.717, 1.165) is 6.29 Å². The Bertz CT molecular complexity index is 397. The van der Waals surface area contributed by atoms with E-state index in [0.29, 0.717) is 32.5 Å². The van der Waals surface area contributed by atoms with Crippen molar-refractivity contribution in [2.75, 3.05) is 19.7 Å². The summed E-state index contributed by atoms with van der Waals surface area (Å²) in [5.74, 6) is -0.00399. The van der Waals surface area contributed by atoms with Crippen LogP contribution >= 0.6 is 0 Å². The standard InChI is InChI=1S/C15H26N2O5/c1-5-21-14(20)17-8-6-11(7-9-17)12(10-18)16-13(19)22-15(2,3)4/h10-12H,5-9H2,1-4H3,(H,16,19). The van der Waals surface area contributed by atoms with Crippen molar-refractivity contribution in [1.82, 2.24) is 10.2 Å². The Morgan fingerprint density at radius 3 is 2.36 bits per heavy atom. The van der Waals surface area contributed by atoms with Gasteiger partial charge in [-0.3, -0.25) is 0 Å². The zero-order chi connectivity index (χ0) is 16.8. The van der Waals surface area contributed by atoms with Gasteiger partial charge in [-0.05, 0) is 46.5 Å². The van der Waals surface area contributed by atoms with E-state index >= 15 is 0 Å². The van der Waals surface area contributed by atoms with E-state index in [1.807, 2.05) is 0 Å². The molecular formula is C15H26N2O5. The Morgan fingerprint density at radius 2 is 1.91 bits per heavy atom. The number of likely N-dealkylation sites (tertiary alicyclic amines) is 1. The Morgan fingerprint density at radius 1 is 1.32 bits per heavy atom. The number of carbonyl (C=O) groups excluding carboxylic acids is 3. The van der Waals surface area contributed by atoms with Gasteiger partial charge in [-0.1, -0.05) is 0 Å². The molecule has 0 saturated carbocycles. The molecule has 1 aliphatic heterocycles. The summed E-state index contributed by atoms with van der Waals surface area (Å²) < 4.78 is 10.1. The second-order valence-corrected chi connectivity index (χ2v) is 6.33. The third kappa shape index (κ3) is 5.91. The van der Waals surface area contributed by atoms with E-state index < -0.39 is 17.7 Å². The minimum absolute atomic E-state index is 0.00399. The lowest BCUT2D eigenvalue weighted by atomic mass is 9.90. The quantitative estimate of drug-likeness (QED) is 0.802. The topological polar surface area (TPSA) is 84.9 Å². The van der Waals surface area contributed by atoms with Crippen molar-refractivity contribution in [2.24, 2.45) is 5.92 Å². The highest BCUT2D eigenvalue weighted by Crippen LogP contribution is 2.21. The molecule has 1 atom stereocenters. The molecule has 1 aliphatic rings. The summed E-state index contributed by atoms with van der Waals surface area (Å²) in [5.41, 5.74) is -0.606. The molecule has 1 unspecified atom stereocenters. The lowest BCUT2D eigenvalue weighted by Gasteiger charge is -2.34. The maximum Gasteiger partial charge on any atom is 0.409 e. The number of piperidine rings is 1. The van der Waals surface area contributed by atoms with Crippen LogP contribution in [0.1, 0.15) is 40.5 Å². The van der Waals surface area contributed by atoms with Crippen molar-refractivity contribution in [3.8, 4) is 0 Å². The molecule has 0 aromatic heterocycles. The van der Waals surface area contributed by atoms with Gasteiger partial charge in [-0.2, -0.15) is 0 Å². The van der Waals surface area contributed by atoms with Gasteiger partial charge in [0.2, 0.25) is 0 Å². The van der Waals surface area contributed by atoms with Gasteiger partial charge < -0.3 is 24.5 Å². The van der Waals surface area contributed by atoms with E-state index in [1.165, 1.54) is 0 Å². The number of hydrogen-bond acceptors (Lipinski definition) is 5. The molecular weight excluding hydrogens is 288 g/mol. The number of nitrogens with zero attached hydrogens (tertiary/aromatic N) is 1. The van der Waals surface area contributed by atoms with Gasteiger partial charge in [0.15, 0.2) is 0 Å². The molecule has 0 aromatic carbocycles. The fourth-order valence-electron chi connectivity index (χ4n) is 2.36. The molecule has 0 aromatic rings. The third-order valence-corrected chi connectivity index (χ3v) is 3.40. The Labute approximate surface area is 131 Å². The molecule has 1 rings (SSSR count). The molecule has 7 heteroatoms. The summed E-state index contributed by atoms with van der Waals surface area (Å²) in [6, 6.07) is -0.598. The first-order chi connectivity index (χ1) is 10.3. The summed E-state index contributed by atoms with van der Waals surface area (Å²) in [7, 11) is 0. The zero-order valence-corrected chi connectivity index (χ0v) is 13.8. The van der Waals surface area contributed by atoms with Gasteiger partial charge in [0.25, 0.3) is 0 Å². The SMILES string of the molecule is CCOC(=O)N1CCC(C(C=O)NC(=O)OC(C)(C)C)CC1. The first-order valence-electron chi connectivity index (χ1n) is 7.63. The Hall–Kier alpha value is -1.79. The average molecular weight is 314 g/mol. The van der Waals surface area contributed by atoms with Crippen LogP contribution in [0.15, 0.2) is 0 Å². The molecule has 0 radical (unpaired) electrons. The van der Waals surface area contributed by atoms with Crippen molar-refractivity contribution < 1.29 is 23.9 Å². The second-order valence-electron chi connectivity index (χ2n) is 6.33. The van der Waals surface area contributed by atoms with Crippen LogP contribution in [0.5, 0.6) is 0 Å². The summed E-state index contributed by atoms with van der Waals surface area (Å²) >= 11 is 0. The van der Waals surface area contributed by atoms with Crippen molar-refractivity contribution >= 4 is 18.5 Å². The van der Waals surface area contributed by atoms with Crippen LogP contribution in [0.25, 0.3) is 0 Å². The first kappa shape index (κ1) is 18.3. The van der Waals surface area contributed by atoms with Crippen molar-refractivity contribution in [3.05, 3.63) is 0 Å². The second kappa shape index (κ2) is 8.00. The van der Waals surface area contributed by atoms with Crippen LogP contribution in [0, 0.1) is 5.92 Å². The monoisotopic (exact) mass is 314 g/mol. The van der Waals surface area contributed by atoms with Gasteiger partial charge in [-0.25, -0.2) is 9.59 Å². The molecule has 2 amide bonds. The fraction of sp³-hybridized carbons (Fsp3) is 0.800. The number of hydrogen-bond donors (Lipinski definition) is 1. The molecule has 0 aliphatic carbocycles. The molecule has 1 N–H and O–H groups in total. The van der Waals surface area contributed by atoms with Gasteiger partial charge in [0.05, 0.1) is 12.6 Å². The highest BCUT2D eigenvalue weighted by Gasteiger charge is 2.30. The highest BCUT2D eigenvalue weighted by atomic mass is 16.6. The molecule has 22 heavy (non-hydrogen) atoms. The summed E-state index contributed by atoms with van der Waals surface area (Å²) in [6.45, 7) is 8.43. The smallest absolute Gasteiger partial charge is 0.409 e. The van der Waals surface area contributed by atoms with Crippen LogP contribution in [0.3, 0.4) is 0 Å². The minimum Gasteiger partial charge on any atom is -0.450 e. The van der Waals surface area contributed by atoms with E-state index in [4.69, 9.17) is 9.47 Å². The van der Waals surface area contributed by atoms with E-state index in [9.17, 15) is 14.4 Å². The van der Waals surface area contributed by atoms with Crippen LogP contribution in [-0.2, 0) is 14.3 Å². The number of aldehydes is 1. The van der Waals surface area contributed by atoms with Gasteiger partial charge in [0, 0.05) is 13.1 Å². The number of alkyl carbamates (subject to hydrolysis) is 1. The van der Waals surface area contributed by atoms with Crippen LogP contribution < -0.4 is 5.32 Å². The number of rotatable bonds is 4. The minimum atomic E-state index is -0.606. The summed E-state index contributed by atoms with van der Waals surface area (Å²) in [6.07, 6.45) is 1.08. The molecule has 1 heterocycles. The maximum atomic E-state index is 11.8. The number of carbonyl (C=O) groups is 3. The van der Waals surface area contributed by atoms with Crippen LogP contribution in [-0.4, -0.2) is 54.7 Å². The van der Waals surface area contributed by atoms with E-state index in [2.05, 4.69) is 5.32 Å². The molecule has 0 spiro atoms. The maximum absolute atomic E-state index is 11.8. The van der Waals surface area contributed by atoms with Crippen molar-refractivity contribution in [2.45, 2.75) is 52.2 Å². The van der Waals surface area contributed by atoms with Gasteiger partial charge >= 0.3 is 12.2 Å². The third-order valence-electron chi connectivity index (χ3n) is 3.40. The van der Waals surface area contributed by atoms with Gasteiger partial charge in [0.1, 0.15) is 11.9 Å². The van der Waals surface area contributed by atoms with E-state index in [-0.39, 0.29) is 12.0 Å². The predicted octanol–water partition coefficient (Wildman–Crippen LogP) is 1.95. The van der Waals surface area contributed by atoms with Crippen molar-refractivity contribution in [1.29, 1.82) is 0 Å². The molecule has 0 bridgehead atoms. The molecule has 1 saturated heterocycles. The number of ether oxygens (including phenoxy) is 2. The van der Waals surface area contributed by atoms with Crippen LogP contribution in [0.2, 0.25) is 0 Å². The van der Waals surface area contributed by atoms with Crippen molar-refractivity contribution in [3.63, 3.8) is 0 Å². The lowest BCUT2D eigenvalue weighted by molar-refractivity contribution is -0.111. The zero-order valence-electron chi connectivity index (χ0n) is 13.8. The largest absolute Gasteiger partial charge is 0.450 e. The Kier molecular flexibility index (Phi) is 6.64. The summed E-state index contributed by atoms with van der Waals surface area (Å²) in [5, 5.41) is 2.60. The van der Waals surface area contributed by atoms with Crippen LogP contribution in [0.4, 0.5) is 9.59 Å².